The van der Waals surface area contributed by atoms with Gasteiger partial charge in [-0.05, 0) is 30.5 Å². The highest BCUT2D eigenvalue weighted by Crippen LogP contribution is 2.28. The first kappa shape index (κ1) is 13.9. The number of hydrogen-bond donors (Lipinski definition) is 1. The lowest BCUT2D eigenvalue weighted by molar-refractivity contribution is 0.0314. The molecule has 5 nitrogen and oxygen atoms in total. The Morgan fingerprint density at radius 1 is 1.45 bits per heavy atom. The van der Waals surface area contributed by atoms with Crippen LogP contribution in [-0.2, 0) is 21.2 Å². The lowest BCUT2D eigenvalue weighted by Crippen LogP contribution is -2.48. The topological polar surface area (TPSA) is 58.6 Å². The molecule has 1 aromatic carbocycles. The van der Waals surface area contributed by atoms with Crippen molar-refractivity contribution in [3.8, 4) is 0 Å². The molecule has 0 radical (unpaired) electrons. The Labute approximate surface area is 120 Å². The molecule has 0 amide bonds. The van der Waals surface area contributed by atoms with Gasteiger partial charge in [-0.1, -0.05) is 13.0 Å². The van der Waals surface area contributed by atoms with E-state index in [-0.39, 0.29) is 6.04 Å². The number of ether oxygens (including phenoxy) is 1. The van der Waals surface area contributed by atoms with E-state index in [1.54, 1.807) is 16.4 Å². The van der Waals surface area contributed by atoms with E-state index in [1.807, 2.05) is 13.0 Å². The number of fused-ring (bicyclic) bond motifs is 1. The van der Waals surface area contributed by atoms with Gasteiger partial charge in [0, 0.05) is 24.8 Å². The second-order valence-corrected chi connectivity index (χ2v) is 7.14. The summed E-state index contributed by atoms with van der Waals surface area (Å²) in [7, 11) is -3.43. The van der Waals surface area contributed by atoms with Crippen LogP contribution in [0.5, 0.6) is 0 Å². The molecule has 6 heteroatoms. The van der Waals surface area contributed by atoms with E-state index in [2.05, 4.69) is 5.32 Å². The molecule has 2 aliphatic heterocycles. The summed E-state index contributed by atoms with van der Waals surface area (Å²) in [4.78, 5) is 0.381. The quantitative estimate of drug-likeness (QED) is 0.917. The van der Waals surface area contributed by atoms with Gasteiger partial charge in [-0.15, -0.1) is 0 Å². The summed E-state index contributed by atoms with van der Waals surface area (Å²) in [6, 6.07) is 5.35. The van der Waals surface area contributed by atoms with E-state index in [1.165, 1.54) is 5.56 Å². The van der Waals surface area contributed by atoms with Crippen LogP contribution in [0.25, 0.3) is 0 Å². The van der Waals surface area contributed by atoms with Crippen LogP contribution in [0, 0.1) is 0 Å². The van der Waals surface area contributed by atoms with Gasteiger partial charge in [-0.2, -0.15) is 4.31 Å². The van der Waals surface area contributed by atoms with Crippen molar-refractivity contribution in [2.45, 2.75) is 30.7 Å². The first-order chi connectivity index (χ1) is 9.63. The van der Waals surface area contributed by atoms with Crippen LogP contribution in [0.15, 0.2) is 23.1 Å². The highest BCUT2D eigenvalue weighted by Gasteiger charge is 2.33. The summed E-state index contributed by atoms with van der Waals surface area (Å²) in [6.45, 7) is 4.27. The van der Waals surface area contributed by atoms with Gasteiger partial charge < -0.3 is 10.1 Å². The predicted octanol–water partition coefficient (Wildman–Crippen LogP) is 1.45. The lowest BCUT2D eigenvalue weighted by atomic mass is 10.2. The van der Waals surface area contributed by atoms with Gasteiger partial charge in [0.1, 0.15) is 0 Å². The normalized spacial score (nSPS) is 23.4. The molecule has 0 aliphatic carbocycles. The number of nitrogens with zero attached hydrogens (tertiary/aromatic N) is 1. The standard InChI is InChI=1S/C14H20N2O3S/c1-2-12-10-19-8-7-16(12)20(17,18)13-4-3-11-5-6-15-14(11)9-13/h3-4,9,12,15H,2,5-8,10H2,1H3. The maximum Gasteiger partial charge on any atom is 0.243 e. The Kier molecular flexibility index (Phi) is 3.70. The van der Waals surface area contributed by atoms with Gasteiger partial charge in [-0.25, -0.2) is 8.42 Å². The molecule has 110 valence electrons. The molecular weight excluding hydrogens is 276 g/mol. The third kappa shape index (κ3) is 2.32. The lowest BCUT2D eigenvalue weighted by Gasteiger charge is -2.34. The van der Waals surface area contributed by atoms with Crippen molar-refractivity contribution in [3.05, 3.63) is 23.8 Å². The number of morpholine rings is 1. The van der Waals surface area contributed by atoms with Gasteiger partial charge in [0.15, 0.2) is 0 Å². The fourth-order valence-electron chi connectivity index (χ4n) is 2.84. The number of anilines is 1. The summed E-state index contributed by atoms with van der Waals surface area (Å²) >= 11 is 0. The molecule has 1 unspecified atom stereocenters. The van der Waals surface area contributed by atoms with Crippen molar-refractivity contribution in [1.29, 1.82) is 0 Å². The second-order valence-electron chi connectivity index (χ2n) is 5.25. The molecule has 1 N–H and O–H groups in total. The highest BCUT2D eigenvalue weighted by atomic mass is 32.2. The van der Waals surface area contributed by atoms with Gasteiger partial charge >= 0.3 is 0 Å². The maximum atomic E-state index is 12.8. The van der Waals surface area contributed by atoms with Crippen molar-refractivity contribution in [2.24, 2.45) is 0 Å². The molecular formula is C14H20N2O3S. The van der Waals surface area contributed by atoms with Gasteiger partial charge in [-0.3, -0.25) is 0 Å². The monoisotopic (exact) mass is 296 g/mol. The first-order valence-electron chi connectivity index (χ1n) is 7.09. The Balaban J connectivity index is 1.94. The van der Waals surface area contributed by atoms with E-state index >= 15 is 0 Å². The number of hydrogen-bond acceptors (Lipinski definition) is 4. The van der Waals surface area contributed by atoms with Crippen molar-refractivity contribution in [2.75, 3.05) is 31.6 Å². The smallest absolute Gasteiger partial charge is 0.243 e. The van der Waals surface area contributed by atoms with Gasteiger partial charge in [0.2, 0.25) is 10.0 Å². The number of sulfonamides is 1. The average Bonchev–Trinajstić information content (AvgIpc) is 2.94. The van der Waals surface area contributed by atoms with E-state index in [0.717, 1.165) is 25.1 Å². The average molecular weight is 296 g/mol. The molecule has 3 rings (SSSR count). The molecule has 0 saturated carbocycles. The summed E-state index contributed by atoms with van der Waals surface area (Å²) in [5, 5.41) is 3.23. The molecule has 2 heterocycles. The second kappa shape index (κ2) is 5.35. The minimum Gasteiger partial charge on any atom is -0.384 e. The summed E-state index contributed by atoms with van der Waals surface area (Å²) in [6.07, 6.45) is 1.73. The van der Waals surface area contributed by atoms with E-state index in [9.17, 15) is 8.42 Å². The molecule has 2 aliphatic rings. The van der Waals surface area contributed by atoms with Crippen LogP contribution in [0.2, 0.25) is 0 Å². The Morgan fingerprint density at radius 3 is 3.10 bits per heavy atom. The van der Waals surface area contributed by atoms with Crippen LogP contribution >= 0.6 is 0 Å². The number of nitrogens with one attached hydrogen (secondary N) is 1. The van der Waals surface area contributed by atoms with Gasteiger partial charge in [0.25, 0.3) is 0 Å². The van der Waals surface area contributed by atoms with Crippen molar-refractivity contribution >= 4 is 15.7 Å². The SMILES string of the molecule is CCC1COCCN1S(=O)(=O)c1ccc2c(c1)NCC2. The fraction of sp³-hybridized carbons (Fsp3) is 0.571. The molecule has 20 heavy (non-hydrogen) atoms. The predicted molar refractivity (Wildman–Crippen MR) is 77.4 cm³/mol. The molecule has 1 aromatic rings. The van der Waals surface area contributed by atoms with E-state index in [4.69, 9.17) is 4.74 Å². The van der Waals surface area contributed by atoms with Crippen LogP contribution < -0.4 is 5.32 Å². The largest absolute Gasteiger partial charge is 0.384 e. The van der Waals surface area contributed by atoms with E-state index < -0.39 is 10.0 Å². The molecule has 1 atom stereocenters. The molecule has 1 fully saturated rings. The van der Waals surface area contributed by atoms with Crippen LogP contribution in [0.3, 0.4) is 0 Å². The minimum absolute atomic E-state index is 0.0602. The minimum atomic E-state index is -3.43. The van der Waals surface area contributed by atoms with Crippen LogP contribution in [0.1, 0.15) is 18.9 Å². The zero-order chi connectivity index (χ0) is 14.2. The molecule has 0 aromatic heterocycles. The third-order valence-corrected chi connectivity index (χ3v) is 5.99. The maximum absolute atomic E-state index is 12.8. The third-order valence-electron chi connectivity index (χ3n) is 4.04. The van der Waals surface area contributed by atoms with Gasteiger partial charge in [0.05, 0.1) is 18.1 Å². The van der Waals surface area contributed by atoms with Crippen molar-refractivity contribution in [3.63, 3.8) is 0 Å². The van der Waals surface area contributed by atoms with Crippen LogP contribution in [-0.4, -0.2) is 45.1 Å². The van der Waals surface area contributed by atoms with Crippen molar-refractivity contribution in [1.82, 2.24) is 4.31 Å². The zero-order valence-corrected chi connectivity index (χ0v) is 12.4. The number of benzene rings is 1. The Morgan fingerprint density at radius 2 is 2.30 bits per heavy atom. The highest BCUT2D eigenvalue weighted by molar-refractivity contribution is 7.89. The molecule has 1 saturated heterocycles. The number of rotatable bonds is 3. The van der Waals surface area contributed by atoms with Crippen molar-refractivity contribution < 1.29 is 13.2 Å². The summed E-state index contributed by atoms with van der Waals surface area (Å²) in [5.74, 6) is 0. The Bertz CT molecular complexity index is 600. The van der Waals surface area contributed by atoms with Crippen LogP contribution in [0.4, 0.5) is 5.69 Å². The molecule has 0 bridgehead atoms. The molecule has 0 spiro atoms. The fourth-order valence-corrected chi connectivity index (χ4v) is 4.54. The summed E-state index contributed by atoms with van der Waals surface area (Å²) in [5.41, 5.74) is 2.14. The first-order valence-corrected chi connectivity index (χ1v) is 8.53. The Hall–Kier alpha value is -1.11. The van der Waals surface area contributed by atoms with E-state index in [0.29, 0.717) is 24.7 Å². The summed E-state index contributed by atoms with van der Waals surface area (Å²) < 4.78 is 32.6. The zero-order valence-electron chi connectivity index (χ0n) is 11.6.